The van der Waals surface area contributed by atoms with E-state index < -0.39 is 17.5 Å². The number of nitrogens with one attached hydrogen (secondary N) is 1. The van der Waals surface area contributed by atoms with Gasteiger partial charge in [0.25, 0.3) is 5.91 Å². The van der Waals surface area contributed by atoms with Gasteiger partial charge in [-0.15, -0.1) is 0 Å². The molecular formula is C20H20F3N3O2. The summed E-state index contributed by atoms with van der Waals surface area (Å²) < 4.78 is 38.6. The Kier molecular flexibility index (Phi) is 9.02. The second-order valence-electron chi connectivity index (χ2n) is 5.43. The van der Waals surface area contributed by atoms with E-state index in [0.29, 0.717) is 11.8 Å². The van der Waals surface area contributed by atoms with Crippen molar-refractivity contribution in [1.82, 2.24) is 9.55 Å². The highest BCUT2D eigenvalue weighted by molar-refractivity contribution is 6.02. The number of halogens is 3. The number of benzene rings is 1. The first-order valence-corrected chi connectivity index (χ1v) is 7.99. The summed E-state index contributed by atoms with van der Waals surface area (Å²) in [4.78, 5) is 15.6. The summed E-state index contributed by atoms with van der Waals surface area (Å²) in [6.45, 7) is 4.29. The number of carbonyl (C=O) groups excluding carboxylic acids is 1. The molecule has 2 heterocycles. The SMILES string of the molecule is C=CO.Cc1cc(F)c(F)cc1F.Cn1ccc(NC(=O)c2ccccn2)c1. The summed E-state index contributed by atoms with van der Waals surface area (Å²) in [5, 5.41) is 10.1. The molecule has 1 aromatic carbocycles. The van der Waals surface area contributed by atoms with Crippen molar-refractivity contribution in [3.8, 4) is 0 Å². The van der Waals surface area contributed by atoms with Crippen LogP contribution in [0, 0.1) is 24.4 Å². The number of hydrogen-bond donors (Lipinski definition) is 2. The van der Waals surface area contributed by atoms with Crippen LogP contribution in [0.15, 0.2) is 67.8 Å². The van der Waals surface area contributed by atoms with Crippen LogP contribution in [0.25, 0.3) is 0 Å². The topological polar surface area (TPSA) is 67.2 Å². The van der Waals surface area contributed by atoms with E-state index in [2.05, 4.69) is 16.9 Å². The predicted molar refractivity (Wildman–Crippen MR) is 101 cm³/mol. The summed E-state index contributed by atoms with van der Waals surface area (Å²) in [7, 11) is 1.90. The lowest BCUT2D eigenvalue weighted by Gasteiger charge is -2.00. The average molecular weight is 391 g/mol. The Morgan fingerprint density at radius 1 is 1.18 bits per heavy atom. The van der Waals surface area contributed by atoms with Crippen LogP contribution in [-0.4, -0.2) is 20.6 Å². The first kappa shape index (κ1) is 22.5. The molecule has 0 saturated heterocycles. The Hall–Kier alpha value is -3.55. The minimum atomic E-state index is -1.15. The van der Waals surface area contributed by atoms with E-state index in [0.717, 1.165) is 18.0 Å². The van der Waals surface area contributed by atoms with Crippen molar-refractivity contribution in [2.75, 3.05) is 5.32 Å². The lowest BCUT2D eigenvalue weighted by atomic mass is 10.2. The van der Waals surface area contributed by atoms with Gasteiger partial charge in [0.15, 0.2) is 11.6 Å². The van der Waals surface area contributed by atoms with Crippen LogP contribution in [0.4, 0.5) is 18.9 Å². The van der Waals surface area contributed by atoms with Crippen molar-refractivity contribution in [3.05, 3.63) is 96.5 Å². The van der Waals surface area contributed by atoms with Crippen LogP contribution >= 0.6 is 0 Å². The summed E-state index contributed by atoms with van der Waals surface area (Å²) in [6.07, 6.45) is 6.05. The molecule has 0 radical (unpaired) electrons. The number of aliphatic hydroxyl groups is 1. The molecule has 2 N–H and O–H groups in total. The van der Waals surface area contributed by atoms with Crippen LogP contribution in [0.3, 0.4) is 0 Å². The van der Waals surface area contributed by atoms with Crippen molar-refractivity contribution >= 4 is 11.6 Å². The molecule has 148 valence electrons. The van der Waals surface area contributed by atoms with Gasteiger partial charge in [-0.2, -0.15) is 0 Å². The molecule has 28 heavy (non-hydrogen) atoms. The quantitative estimate of drug-likeness (QED) is 0.488. The Bertz CT molecular complexity index is 862. The van der Waals surface area contributed by atoms with Gasteiger partial charge < -0.3 is 15.0 Å². The lowest BCUT2D eigenvalue weighted by Crippen LogP contribution is -2.12. The van der Waals surface area contributed by atoms with Crippen molar-refractivity contribution in [3.63, 3.8) is 0 Å². The van der Waals surface area contributed by atoms with Crippen molar-refractivity contribution in [2.45, 2.75) is 6.92 Å². The van der Waals surface area contributed by atoms with Gasteiger partial charge in [0, 0.05) is 31.7 Å². The summed E-state index contributed by atoms with van der Waals surface area (Å²) in [6, 6.07) is 8.43. The monoisotopic (exact) mass is 391 g/mol. The van der Waals surface area contributed by atoms with Gasteiger partial charge in [-0.05, 0) is 36.8 Å². The zero-order valence-electron chi connectivity index (χ0n) is 15.4. The maximum atomic E-state index is 12.4. The minimum absolute atomic E-state index is 0.110. The Morgan fingerprint density at radius 2 is 1.82 bits per heavy atom. The van der Waals surface area contributed by atoms with Gasteiger partial charge in [-0.1, -0.05) is 12.6 Å². The third kappa shape index (κ3) is 7.36. The molecule has 0 saturated carbocycles. The van der Waals surface area contributed by atoms with E-state index in [-0.39, 0.29) is 11.5 Å². The van der Waals surface area contributed by atoms with Gasteiger partial charge in [0.2, 0.25) is 0 Å². The molecule has 3 aromatic rings. The number of nitrogens with zero attached hydrogens (tertiary/aromatic N) is 2. The maximum Gasteiger partial charge on any atom is 0.274 e. The van der Waals surface area contributed by atoms with E-state index in [1.54, 1.807) is 24.4 Å². The first-order valence-electron chi connectivity index (χ1n) is 7.99. The molecule has 0 aliphatic rings. The summed E-state index contributed by atoms with van der Waals surface area (Å²) in [5.41, 5.74) is 1.30. The van der Waals surface area contributed by atoms with Crippen LogP contribution in [0.2, 0.25) is 0 Å². The molecule has 0 bridgehead atoms. The standard InChI is InChI=1S/C11H11N3O.C7H5F3.C2H4O/c1-14-7-5-9(8-14)13-11(15)10-4-2-3-6-12-10;1-4-2-6(9)7(10)3-5(4)8;1-2-3/h2-8H,1H3,(H,13,15);2-3H,1H3;2-3H,1H2. The Balaban J connectivity index is 0.000000261. The number of carbonyl (C=O) groups is 1. The fourth-order valence-corrected chi connectivity index (χ4v) is 1.89. The van der Waals surface area contributed by atoms with E-state index >= 15 is 0 Å². The van der Waals surface area contributed by atoms with Crippen molar-refractivity contribution < 1.29 is 23.1 Å². The molecular weight excluding hydrogens is 371 g/mol. The van der Waals surface area contributed by atoms with Crippen molar-refractivity contribution in [2.24, 2.45) is 7.05 Å². The number of aliphatic hydroxyl groups excluding tert-OH is 1. The molecule has 8 heteroatoms. The zero-order valence-corrected chi connectivity index (χ0v) is 15.4. The zero-order chi connectivity index (χ0) is 21.1. The fourth-order valence-electron chi connectivity index (χ4n) is 1.89. The Morgan fingerprint density at radius 3 is 2.32 bits per heavy atom. The van der Waals surface area contributed by atoms with Gasteiger partial charge in [0.1, 0.15) is 11.5 Å². The Labute approximate surface area is 160 Å². The number of hydrogen-bond acceptors (Lipinski definition) is 3. The highest BCUT2D eigenvalue weighted by Crippen LogP contribution is 2.11. The molecule has 0 atom stereocenters. The molecule has 3 rings (SSSR count). The summed E-state index contributed by atoms with van der Waals surface area (Å²) in [5.74, 6) is -3.08. The maximum absolute atomic E-state index is 12.4. The molecule has 2 aromatic heterocycles. The van der Waals surface area contributed by atoms with E-state index in [4.69, 9.17) is 5.11 Å². The largest absolute Gasteiger partial charge is 0.516 e. The molecule has 1 amide bonds. The minimum Gasteiger partial charge on any atom is -0.516 e. The van der Waals surface area contributed by atoms with Gasteiger partial charge in [-0.25, -0.2) is 13.2 Å². The van der Waals surface area contributed by atoms with Crippen LogP contribution in [-0.2, 0) is 7.05 Å². The smallest absolute Gasteiger partial charge is 0.274 e. The second-order valence-corrected chi connectivity index (χ2v) is 5.43. The second kappa shape index (κ2) is 11.2. The van der Waals surface area contributed by atoms with Gasteiger partial charge in [-0.3, -0.25) is 9.78 Å². The highest BCUT2D eigenvalue weighted by atomic mass is 19.2. The molecule has 0 spiro atoms. The normalized spacial score (nSPS) is 9.32. The molecule has 0 fully saturated rings. The van der Waals surface area contributed by atoms with Crippen LogP contribution in [0.5, 0.6) is 0 Å². The van der Waals surface area contributed by atoms with Crippen molar-refractivity contribution in [1.29, 1.82) is 0 Å². The lowest BCUT2D eigenvalue weighted by molar-refractivity contribution is 0.102. The van der Waals surface area contributed by atoms with E-state index in [9.17, 15) is 18.0 Å². The van der Waals surface area contributed by atoms with E-state index in [1.165, 1.54) is 6.92 Å². The fraction of sp³-hybridized carbons (Fsp3) is 0.100. The number of aryl methyl sites for hydroxylation is 2. The molecule has 5 nitrogen and oxygen atoms in total. The highest BCUT2D eigenvalue weighted by Gasteiger charge is 2.06. The molecule has 0 aliphatic carbocycles. The number of anilines is 1. The number of amides is 1. The third-order valence-corrected chi connectivity index (χ3v) is 3.19. The number of rotatable bonds is 2. The number of pyridine rings is 1. The number of aromatic nitrogens is 2. The average Bonchev–Trinajstić information content (AvgIpc) is 3.07. The van der Waals surface area contributed by atoms with Gasteiger partial charge >= 0.3 is 0 Å². The molecule has 0 aliphatic heterocycles. The van der Waals surface area contributed by atoms with E-state index in [1.807, 2.05) is 30.1 Å². The van der Waals surface area contributed by atoms with Crippen LogP contribution < -0.4 is 5.32 Å². The summed E-state index contributed by atoms with van der Waals surface area (Å²) >= 11 is 0. The first-order chi connectivity index (χ1) is 13.3. The molecule has 0 unspecified atom stereocenters. The predicted octanol–water partition coefficient (Wildman–Crippen LogP) is 4.77. The van der Waals surface area contributed by atoms with Gasteiger partial charge in [0.05, 0.1) is 11.9 Å². The third-order valence-electron chi connectivity index (χ3n) is 3.19. The van der Waals surface area contributed by atoms with Crippen LogP contribution in [0.1, 0.15) is 16.1 Å².